The van der Waals surface area contributed by atoms with E-state index in [9.17, 15) is 9.59 Å². The Morgan fingerprint density at radius 3 is 2.50 bits per heavy atom. The Morgan fingerprint density at radius 1 is 1.25 bits per heavy atom. The molecule has 4 nitrogen and oxygen atoms in total. The lowest BCUT2D eigenvalue weighted by molar-refractivity contribution is -0.115. The van der Waals surface area contributed by atoms with E-state index in [1.165, 1.54) is 0 Å². The van der Waals surface area contributed by atoms with Crippen molar-refractivity contribution in [2.24, 2.45) is 10.8 Å². The molecule has 4 heteroatoms. The second-order valence-corrected chi connectivity index (χ2v) is 6.95. The van der Waals surface area contributed by atoms with Crippen LogP contribution < -0.4 is 10.6 Å². The van der Waals surface area contributed by atoms with Crippen LogP contribution in [-0.2, 0) is 11.2 Å². The van der Waals surface area contributed by atoms with Gasteiger partial charge in [-0.2, -0.15) is 0 Å². The molecule has 20 heavy (non-hydrogen) atoms. The molecular formula is C16H20N2O2. The molecule has 0 radical (unpaired) electrons. The van der Waals surface area contributed by atoms with E-state index in [0.717, 1.165) is 11.3 Å². The average Bonchev–Trinajstić information content (AvgIpc) is 2.67. The Morgan fingerprint density at radius 2 is 1.90 bits per heavy atom. The summed E-state index contributed by atoms with van der Waals surface area (Å²) in [7, 11) is 0. The summed E-state index contributed by atoms with van der Waals surface area (Å²) in [5.74, 6) is -0.0715. The zero-order valence-electron chi connectivity index (χ0n) is 12.3. The van der Waals surface area contributed by atoms with Crippen LogP contribution in [0.2, 0.25) is 0 Å². The number of hydrogen-bond acceptors (Lipinski definition) is 2. The van der Waals surface area contributed by atoms with Gasteiger partial charge in [-0.05, 0) is 34.6 Å². The topological polar surface area (TPSA) is 58.2 Å². The fourth-order valence-corrected chi connectivity index (χ4v) is 3.14. The molecule has 3 rings (SSSR count). The summed E-state index contributed by atoms with van der Waals surface area (Å²) in [5.41, 5.74) is 2.59. The highest BCUT2D eigenvalue weighted by atomic mass is 16.2. The summed E-state index contributed by atoms with van der Waals surface area (Å²) < 4.78 is 0. The van der Waals surface area contributed by atoms with Crippen LogP contribution in [0, 0.1) is 10.8 Å². The maximum absolute atomic E-state index is 12.3. The molecule has 1 heterocycles. The molecule has 0 atom stereocenters. The normalized spacial score (nSPS) is 22.1. The molecule has 1 aliphatic heterocycles. The lowest BCUT2D eigenvalue weighted by Gasteiger charge is -2.08. The molecule has 0 aromatic heterocycles. The second-order valence-electron chi connectivity index (χ2n) is 6.95. The summed E-state index contributed by atoms with van der Waals surface area (Å²) in [4.78, 5) is 23.7. The summed E-state index contributed by atoms with van der Waals surface area (Å²) in [5, 5.41) is 5.88. The molecular weight excluding hydrogens is 252 g/mol. The van der Waals surface area contributed by atoms with Crippen LogP contribution in [0.1, 0.15) is 43.6 Å². The monoisotopic (exact) mass is 272 g/mol. The van der Waals surface area contributed by atoms with Crippen LogP contribution in [0.3, 0.4) is 0 Å². The van der Waals surface area contributed by atoms with Crippen LogP contribution >= 0.6 is 0 Å². The summed E-state index contributed by atoms with van der Waals surface area (Å²) in [6, 6.07) is 5.57. The van der Waals surface area contributed by atoms with Crippen LogP contribution in [0.4, 0.5) is 5.69 Å². The van der Waals surface area contributed by atoms with E-state index in [2.05, 4.69) is 38.3 Å². The predicted molar refractivity (Wildman–Crippen MR) is 77.6 cm³/mol. The van der Waals surface area contributed by atoms with Crippen molar-refractivity contribution >= 4 is 17.5 Å². The van der Waals surface area contributed by atoms with Gasteiger partial charge in [-0.15, -0.1) is 0 Å². The zero-order valence-corrected chi connectivity index (χ0v) is 12.3. The highest BCUT2D eigenvalue weighted by Gasteiger charge is 2.65. The van der Waals surface area contributed by atoms with E-state index in [-0.39, 0.29) is 28.7 Å². The molecule has 1 aliphatic carbocycles. The van der Waals surface area contributed by atoms with Gasteiger partial charge in [0.25, 0.3) is 5.91 Å². The summed E-state index contributed by atoms with van der Waals surface area (Å²) in [6.45, 7) is 8.68. The Hall–Kier alpha value is -1.84. The van der Waals surface area contributed by atoms with Crippen molar-refractivity contribution in [2.45, 2.75) is 40.2 Å². The second kappa shape index (κ2) is 3.84. The molecule has 1 aromatic rings. The Bertz CT molecular complexity index is 603. The van der Waals surface area contributed by atoms with Gasteiger partial charge < -0.3 is 10.6 Å². The molecule has 2 aliphatic rings. The number of anilines is 1. The minimum absolute atomic E-state index is 0.0120. The van der Waals surface area contributed by atoms with Crippen molar-refractivity contribution < 1.29 is 9.59 Å². The highest BCUT2D eigenvalue weighted by Crippen LogP contribution is 2.62. The highest BCUT2D eigenvalue weighted by molar-refractivity contribution is 6.01. The molecule has 0 unspecified atom stereocenters. The lowest BCUT2D eigenvalue weighted by atomic mass is 10.0. The Balaban J connectivity index is 1.77. The number of carbonyl (C=O) groups excluding carboxylic acids is 2. The number of carbonyl (C=O) groups is 2. The predicted octanol–water partition coefficient (Wildman–Crippen LogP) is 2.35. The van der Waals surface area contributed by atoms with Crippen molar-refractivity contribution in [3.63, 3.8) is 0 Å². The Kier molecular flexibility index (Phi) is 2.53. The number of nitrogens with one attached hydrogen (secondary N) is 2. The SMILES string of the molecule is CC1(C)C(NC(=O)c2ccc3c(c2)CC(=O)N3)C1(C)C. The zero-order chi connectivity index (χ0) is 14.7. The van der Waals surface area contributed by atoms with E-state index >= 15 is 0 Å². The molecule has 2 N–H and O–H groups in total. The first kappa shape index (κ1) is 13.2. The number of rotatable bonds is 2. The van der Waals surface area contributed by atoms with Crippen molar-refractivity contribution in [3.05, 3.63) is 29.3 Å². The maximum Gasteiger partial charge on any atom is 0.251 e. The third-order valence-electron chi connectivity index (χ3n) is 5.29. The molecule has 0 saturated heterocycles. The van der Waals surface area contributed by atoms with Gasteiger partial charge in [0.05, 0.1) is 6.42 Å². The fraction of sp³-hybridized carbons (Fsp3) is 0.500. The minimum Gasteiger partial charge on any atom is -0.348 e. The first-order chi connectivity index (χ1) is 9.23. The van der Waals surface area contributed by atoms with Crippen LogP contribution in [0.25, 0.3) is 0 Å². The van der Waals surface area contributed by atoms with Gasteiger partial charge in [0.2, 0.25) is 5.91 Å². The van der Waals surface area contributed by atoms with Gasteiger partial charge in [-0.25, -0.2) is 0 Å². The molecule has 106 valence electrons. The van der Waals surface area contributed by atoms with Crippen LogP contribution in [-0.4, -0.2) is 17.9 Å². The van der Waals surface area contributed by atoms with Gasteiger partial charge in [0.1, 0.15) is 0 Å². The van der Waals surface area contributed by atoms with Crippen LogP contribution in [0.5, 0.6) is 0 Å². The first-order valence-electron chi connectivity index (χ1n) is 6.97. The molecule has 1 aromatic carbocycles. The van der Waals surface area contributed by atoms with Gasteiger partial charge in [-0.1, -0.05) is 27.7 Å². The van der Waals surface area contributed by atoms with E-state index in [0.29, 0.717) is 12.0 Å². The van der Waals surface area contributed by atoms with Gasteiger partial charge in [0, 0.05) is 17.3 Å². The van der Waals surface area contributed by atoms with E-state index in [4.69, 9.17) is 0 Å². The lowest BCUT2D eigenvalue weighted by Crippen LogP contribution is -2.29. The van der Waals surface area contributed by atoms with Gasteiger partial charge in [-0.3, -0.25) is 9.59 Å². The molecule has 0 spiro atoms. The van der Waals surface area contributed by atoms with Crippen LogP contribution in [0.15, 0.2) is 18.2 Å². The van der Waals surface area contributed by atoms with Gasteiger partial charge in [0.15, 0.2) is 0 Å². The number of hydrogen-bond donors (Lipinski definition) is 2. The van der Waals surface area contributed by atoms with Crippen molar-refractivity contribution in [1.82, 2.24) is 5.32 Å². The van der Waals surface area contributed by atoms with Crippen molar-refractivity contribution in [2.75, 3.05) is 5.32 Å². The summed E-state index contributed by atoms with van der Waals surface area (Å²) >= 11 is 0. The molecule has 1 fully saturated rings. The van der Waals surface area contributed by atoms with Crippen molar-refractivity contribution in [3.8, 4) is 0 Å². The minimum atomic E-state index is -0.0594. The average molecular weight is 272 g/mol. The third kappa shape index (κ3) is 1.74. The fourth-order valence-electron chi connectivity index (χ4n) is 3.14. The first-order valence-corrected chi connectivity index (χ1v) is 6.97. The van der Waals surface area contributed by atoms with E-state index in [1.54, 1.807) is 12.1 Å². The number of amides is 2. The maximum atomic E-state index is 12.3. The van der Waals surface area contributed by atoms with Gasteiger partial charge >= 0.3 is 0 Å². The Labute approximate surface area is 118 Å². The molecule has 1 saturated carbocycles. The smallest absolute Gasteiger partial charge is 0.251 e. The molecule has 2 amide bonds. The summed E-state index contributed by atoms with van der Waals surface area (Å²) in [6.07, 6.45) is 0.358. The number of benzene rings is 1. The number of fused-ring (bicyclic) bond motifs is 1. The standard InChI is InChI=1S/C16H20N2O2/c1-15(2)14(16(15,3)4)18-13(20)9-5-6-11-10(7-9)8-12(19)17-11/h5-7,14H,8H2,1-4H3,(H,17,19)(H,18,20). The third-order valence-corrected chi connectivity index (χ3v) is 5.29. The van der Waals surface area contributed by atoms with E-state index < -0.39 is 0 Å². The quantitative estimate of drug-likeness (QED) is 0.868. The largest absolute Gasteiger partial charge is 0.348 e. The van der Waals surface area contributed by atoms with E-state index in [1.807, 2.05) is 6.07 Å². The van der Waals surface area contributed by atoms with Crippen molar-refractivity contribution in [1.29, 1.82) is 0 Å². The molecule has 0 bridgehead atoms.